The van der Waals surface area contributed by atoms with Gasteiger partial charge in [0, 0.05) is 12.1 Å². The van der Waals surface area contributed by atoms with Crippen molar-refractivity contribution in [1.29, 1.82) is 0 Å². The fourth-order valence-corrected chi connectivity index (χ4v) is 4.01. The lowest BCUT2D eigenvalue weighted by molar-refractivity contribution is 0.0512. The number of benzene rings is 1. The van der Waals surface area contributed by atoms with Gasteiger partial charge in [0.15, 0.2) is 0 Å². The molecule has 35 heavy (non-hydrogen) atoms. The molecule has 1 aliphatic rings. The van der Waals surface area contributed by atoms with Crippen molar-refractivity contribution in [3.8, 4) is 11.4 Å². The molecule has 4 rings (SSSR count). The molecule has 0 spiro atoms. The third-order valence-corrected chi connectivity index (χ3v) is 5.81. The summed E-state index contributed by atoms with van der Waals surface area (Å²) in [4.78, 5) is 22.0. The molecule has 0 bridgehead atoms. The highest BCUT2D eigenvalue weighted by atomic mass is 19.1. The molecule has 0 saturated carbocycles. The molecule has 1 aromatic carbocycles. The van der Waals surface area contributed by atoms with Crippen LogP contribution in [0.5, 0.6) is 0 Å². The van der Waals surface area contributed by atoms with E-state index in [2.05, 4.69) is 16.4 Å². The first kappa shape index (κ1) is 24.3. The van der Waals surface area contributed by atoms with E-state index in [1.807, 2.05) is 50.3 Å². The number of carbonyl (C=O) groups is 1. The van der Waals surface area contributed by atoms with Crippen molar-refractivity contribution in [3.63, 3.8) is 0 Å². The molecule has 1 unspecified atom stereocenters. The van der Waals surface area contributed by atoms with E-state index in [1.165, 1.54) is 0 Å². The lowest BCUT2D eigenvalue weighted by Crippen LogP contribution is -2.30. The van der Waals surface area contributed by atoms with Crippen LogP contribution in [-0.2, 0) is 11.3 Å². The van der Waals surface area contributed by atoms with Crippen LogP contribution in [-0.4, -0.2) is 29.0 Å². The van der Waals surface area contributed by atoms with Gasteiger partial charge in [-0.25, -0.2) is 14.4 Å². The van der Waals surface area contributed by atoms with Gasteiger partial charge in [-0.3, -0.25) is 4.79 Å². The minimum Gasteiger partial charge on any atom is -0.384 e. The van der Waals surface area contributed by atoms with Crippen LogP contribution >= 0.6 is 0 Å². The van der Waals surface area contributed by atoms with Crippen LogP contribution in [0.25, 0.3) is 23.5 Å². The number of amides is 1. The number of nitrogens with two attached hydrogens (primary N) is 1. The molecule has 3 heterocycles. The number of nitrogen functional groups attached to an aromatic ring is 1. The summed E-state index contributed by atoms with van der Waals surface area (Å²) in [5.41, 5.74) is 9.91. The lowest BCUT2D eigenvalue weighted by atomic mass is 9.98. The average molecular weight is 473 g/mol. The molecule has 0 aliphatic carbocycles. The topological polar surface area (TPSA) is 90.1 Å². The van der Waals surface area contributed by atoms with Crippen molar-refractivity contribution < 1.29 is 13.9 Å². The maximum absolute atomic E-state index is 14.2. The Bertz CT molecular complexity index is 1380. The van der Waals surface area contributed by atoms with Crippen molar-refractivity contribution in [3.05, 3.63) is 87.4 Å². The number of aromatic nitrogens is 2. The lowest BCUT2D eigenvalue weighted by Gasteiger charge is -2.20. The van der Waals surface area contributed by atoms with E-state index in [1.54, 1.807) is 24.3 Å². The van der Waals surface area contributed by atoms with Gasteiger partial charge in [0.05, 0.1) is 30.0 Å². The summed E-state index contributed by atoms with van der Waals surface area (Å²) in [5.74, 6) is 0.180. The van der Waals surface area contributed by atoms with Gasteiger partial charge in [-0.15, -0.1) is 0 Å². The SMILES string of the molecule is C/C=c1/ccc(-c2cccc(N)n2)n/c1=C/C(=C/CC)CNC(=O)c1ccc2c(c1)C(F)COC2. The molecule has 0 saturated heterocycles. The Morgan fingerprint density at radius 3 is 2.80 bits per heavy atom. The van der Waals surface area contributed by atoms with Gasteiger partial charge < -0.3 is 15.8 Å². The van der Waals surface area contributed by atoms with Crippen molar-refractivity contribution in [1.82, 2.24) is 15.3 Å². The molecule has 1 atom stereocenters. The van der Waals surface area contributed by atoms with Crippen molar-refractivity contribution in [2.75, 3.05) is 18.9 Å². The van der Waals surface area contributed by atoms with Crippen LogP contribution in [0.2, 0.25) is 0 Å². The highest BCUT2D eigenvalue weighted by Crippen LogP contribution is 2.28. The number of fused-ring (bicyclic) bond motifs is 1. The van der Waals surface area contributed by atoms with Crippen LogP contribution in [0, 0.1) is 0 Å². The van der Waals surface area contributed by atoms with Gasteiger partial charge in [-0.1, -0.05) is 37.3 Å². The quantitative estimate of drug-likeness (QED) is 0.572. The van der Waals surface area contributed by atoms with Gasteiger partial charge in [-0.2, -0.15) is 0 Å². The molecule has 1 aliphatic heterocycles. The maximum Gasteiger partial charge on any atom is 0.251 e. The van der Waals surface area contributed by atoms with E-state index in [-0.39, 0.29) is 12.5 Å². The number of carbonyl (C=O) groups excluding carboxylic acids is 1. The van der Waals surface area contributed by atoms with E-state index in [4.69, 9.17) is 15.5 Å². The standard InChI is InChI=1S/C28H29FN4O2/c1-3-6-18(15-31-28(34)20-9-10-21-16-35-17-23(29)22(21)14-20)13-26-19(4-2)11-12-25(32-26)24-7-5-8-27(30)33-24/h4-14,23H,3,15-17H2,1-2H3,(H2,30,33)(H,31,34)/b18-6-,19-4-,26-13+. The van der Waals surface area contributed by atoms with Gasteiger partial charge in [-0.05, 0) is 71.7 Å². The second kappa shape index (κ2) is 11.1. The van der Waals surface area contributed by atoms with Gasteiger partial charge in [0.25, 0.3) is 5.91 Å². The van der Waals surface area contributed by atoms with Gasteiger partial charge >= 0.3 is 0 Å². The van der Waals surface area contributed by atoms with Crippen LogP contribution in [0.4, 0.5) is 10.2 Å². The first-order valence-electron chi connectivity index (χ1n) is 11.7. The highest BCUT2D eigenvalue weighted by Gasteiger charge is 2.21. The van der Waals surface area contributed by atoms with Crippen molar-refractivity contribution in [2.24, 2.45) is 0 Å². The highest BCUT2D eigenvalue weighted by molar-refractivity contribution is 5.94. The number of pyridine rings is 2. The predicted octanol–water partition coefficient (Wildman–Crippen LogP) is 3.61. The Kier molecular flexibility index (Phi) is 7.67. The van der Waals surface area contributed by atoms with E-state index >= 15 is 0 Å². The van der Waals surface area contributed by atoms with Crippen LogP contribution in [0.1, 0.15) is 47.9 Å². The summed E-state index contributed by atoms with van der Waals surface area (Å²) >= 11 is 0. The number of nitrogens with zero attached hydrogens (tertiary/aromatic N) is 2. The molecule has 3 aromatic rings. The first-order valence-corrected chi connectivity index (χ1v) is 11.7. The summed E-state index contributed by atoms with van der Waals surface area (Å²) in [7, 11) is 0. The predicted molar refractivity (Wildman–Crippen MR) is 136 cm³/mol. The van der Waals surface area contributed by atoms with Crippen LogP contribution < -0.4 is 21.6 Å². The van der Waals surface area contributed by atoms with E-state index in [0.29, 0.717) is 41.5 Å². The first-order chi connectivity index (χ1) is 17.0. The third kappa shape index (κ3) is 5.81. The second-order valence-electron chi connectivity index (χ2n) is 8.32. The minimum absolute atomic E-state index is 0.0182. The molecule has 1 amide bonds. The number of hydrogen-bond acceptors (Lipinski definition) is 5. The summed E-state index contributed by atoms with van der Waals surface area (Å²) in [6, 6.07) is 14.4. The van der Waals surface area contributed by atoms with E-state index in [9.17, 15) is 9.18 Å². The molecule has 6 nitrogen and oxygen atoms in total. The second-order valence-corrected chi connectivity index (χ2v) is 8.32. The Hall–Kier alpha value is -3.84. The smallest absolute Gasteiger partial charge is 0.251 e. The number of allylic oxidation sites excluding steroid dienone is 1. The summed E-state index contributed by atoms with van der Waals surface area (Å²) in [6.07, 6.45) is 5.59. The molecular formula is C28H29FN4O2. The largest absolute Gasteiger partial charge is 0.384 e. The zero-order valence-corrected chi connectivity index (χ0v) is 19.9. The Morgan fingerprint density at radius 2 is 2.03 bits per heavy atom. The fraction of sp³-hybridized carbons (Fsp3) is 0.250. The molecule has 7 heteroatoms. The number of halogens is 1. The molecule has 3 N–H and O–H groups in total. The number of rotatable bonds is 6. The zero-order valence-electron chi connectivity index (χ0n) is 19.9. The maximum atomic E-state index is 14.2. The van der Waals surface area contributed by atoms with Gasteiger partial charge in [0.2, 0.25) is 0 Å². The number of alkyl halides is 1. The van der Waals surface area contributed by atoms with E-state index in [0.717, 1.165) is 28.1 Å². The Labute approximate surface area is 204 Å². The van der Waals surface area contributed by atoms with Crippen LogP contribution in [0.3, 0.4) is 0 Å². The monoisotopic (exact) mass is 472 g/mol. The van der Waals surface area contributed by atoms with E-state index < -0.39 is 6.17 Å². The normalized spacial score (nSPS) is 16.8. The van der Waals surface area contributed by atoms with Crippen molar-refractivity contribution >= 4 is 23.9 Å². The molecule has 0 radical (unpaired) electrons. The number of ether oxygens (including phenoxy) is 1. The Morgan fingerprint density at radius 1 is 1.20 bits per heavy atom. The molecule has 2 aromatic heterocycles. The van der Waals surface area contributed by atoms with Gasteiger partial charge in [0.1, 0.15) is 12.0 Å². The average Bonchev–Trinajstić information content (AvgIpc) is 2.87. The summed E-state index contributed by atoms with van der Waals surface area (Å²) < 4.78 is 19.5. The van der Waals surface area contributed by atoms with Crippen molar-refractivity contribution in [2.45, 2.75) is 33.0 Å². The van der Waals surface area contributed by atoms with Crippen LogP contribution in [0.15, 0.2) is 60.2 Å². The minimum atomic E-state index is -1.22. The number of hydrogen-bond donors (Lipinski definition) is 2. The summed E-state index contributed by atoms with van der Waals surface area (Å²) in [5, 5.41) is 4.70. The number of nitrogens with one attached hydrogen (secondary N) is 1. The Balaban J connectivity index is 1.58. The number of anilines is 1. The zero-order chi connectivity index (χ0) is 24.8. The fourth-order valence-electron chi connectivity index (χ4n) is 4.01. The summed E-state index contributed by atoms with van der Waals surface area (Å²) in [6.45, 7) is 4.69. The molecular weight excluding hydrogens is 443 g/mol. The third-order valence-electron chi connectivity index (χ3n) is 5.81. The molecule has 0 fully saturated rings. The molecule has 180 valence electrons.